The van der Waals surface area contributed by atoms with Crippen LogP contribution in [0.15, 0.2) is 0 Å². The predicted octanol–water partition coefficient (Wildman–Crippen LogP) is -0.162. The summed E-state index contributed by atoms with van der Waals surface area (Å²) in [7, 11) is 2.83. The Morgan fingerprint density at radius 3 is 2.57 bits per heavy atom. The molecule has 5 heteroatoms. The van der Waals surface area contributed by atoms with Crippen molar-refractivity contribution in [1.29, 1.82) is 1.43 Å². The number of hydroxylamine groups is 2. The van der Waals surface area contributed by atoms with Crippen LogP contribution in [0.4, 0.5) is 0 Å². The topological polar surface area (TPSA) is 66.8 Å². The molecule has 0 fully saturated rings. The van der Waals surface area contributed by atoms with Crippen LogP contribution in [0, 0.1) is 11.8 Å². The summed E-state index contributed by atoms with van der Waals surface area (Å²) in [4.78, 5) is 26.9. The molecule has 14 heavy (non-hydrogen) atoms. The van der Waals surface area contributed by atoms with Crippen LogP contribution in [0.3, 0.4) is 0 Å². The van der Waals surface area contributed by atoms with E-state index in [1.165, 1.54) is 14.2 Å². The van der Waals surface area contributed by atoms with Gasteiger partial charge in [-0.15, -0.1) is 0 Å². The number of hydrogen-bond acceptors (Lipinski definition) is 4. The zero-order valence-corrected chi connectivity index (χ0v) is 8.89. The molecule has 0 aliphatic heterocycles. The van der Waals surface area contributed by atoms with Crippen LogP contribution >= 0.6 is 0 Å². The Hall–Kier alpha value is -0.940. The molecule has 0 aromatic rings. The molecule has 0 heterocycles. The SMILES string of the molecule is [3H]O[C@@H]([C@@H](C)C=O)[C@@H](C)C(=O)N(C)OC. The van der Waals surface area contributed by atoms with E-state index in [4.69, 9.17) is 6.27 Å². The van der Waals surface area contributed by atoms with Crippen molar-refractivity contribution in [2.45, 2.75) is 20.0 Å². The van der Waals surface area contributed by atoms with Crippen molar-refractivity contribution in [3.8, 4) is 0 Å². The Morgan fingerprint density at radius 1 is 1.64 bits per heavy atom. The fraction of sp³-hybridized carbons (Fsp3) is 0.778. The van der Waals surface area contributed by atoms with Gasteiger partial charge in [-0.2, -0.15) is 0 Å². The first kappa shape index (κ1) is 11.1. The van der Waals surface area contributed by atoms with E-state index in [2.05, 4.69) is 5.11 Å². The summed E-state index contributed by atoms with van der Waals surface area (Å²) in [5, 5.41) is 5.45. The molecule has 0 spiro atoms. The van der Waals surface area contributed by atoms with E-state index in [1.54, 1.807) is 13.8 Å². The normalized spacial score (nSPS) is 17.9. The monoisotopic (exact) mass is 205 g/mol. The van der Waals surface area contributed by atoms with Crippen LogP contribution in [-0.2, 0) is 14.4 Å². The van der Waals surface area contributed by atoms with Crippen molar-refractivity contribution in [3.63, 3.8) is 0 Å². The Kier molecular flexibility index (Phi) is 4.55. The maximum absolute atomic E-state index is 11.6. The molecule has 0 unspecified atom stereocenters. The highest BCUT2D eigenvalue weighted by atomic mass is 16.7. The van der Waals surface area contributed by atoms with E-state index in [1.807, 2.05) is 0 Å². The van der Waals surface area contributed by atoms with Crippen molar-refractivity contribution in [2.75, 3.05) is 14.2 Å². The van der Waals surface area contributed by atoms with Crippen molar-refractivity contribution in [3.05, 3.63) is 0 Å². The van der Waals surface area contributed by atoms with Crippen LogP contribution in [0.5, 0.6) is 0 Å². The first-order chi connectivity index (χ1) is 6.99. The summed E-state index contributed by atoms with van der Waals surface area (Å²) in [6, 6.07) is 0. The minimum Gasteiger partial charge on any atom is -0.392 e. The van der Waals surface area contributed by atoms with Gasteiger partial charge in [0, 0.05) is 13.0 Å². The minimum atomic E-state index is -0.757. The first-order valence-corrected chi connectivity index (χ1v) is 4.38. The lowest BCUT2D eigenvalue weighted by Crippen LogP contribution is -2.39. The third-order valence-corrected chi connectivity index (χ3v) is 2.20. The van der Waals surface area contributed by atoms with Gasteiger partial charge in [0.1, 0.15) is 6.29 Å². The second kappa shape index (κ2) is 5.72. The second-order valence-electron chi connectivity index (χ2n) is 3.27. The molecule has 0 aliphatic rings. The summed E-state index contributed by atoms with van der Waals surface area (Å²) in [6.07, 6.45) is -0.0944. The van der Waals surface area contributed by atoms with Gasteiger partial charge in [-0.25, -0.2) is 5.06 Å². The van der Waals surface area contributed by atoms with Crippen molar-refractivity contribution >= 4 is 12.2 Å². The van der Waals surface area contributed by atoms with E-state index < -0.39 is 17.9 Å². The summed E-state index contributed by atoms with van der Waals surface area (Å²) < 4.78 is 6.85. The van der Waals surface area contributed by atoms with Gasteiger partial charge in [0.25, 0.3) is 5.91 Å². The fourth-order valence-electron chi connectivity index (χ4n) is 1.05. The largest absolute Gasteiger partial charge is 0.392 e. The molecule has 0 radical (unpaired) electrons. The van der Waals surface area contributed by atoms with Gasteiger partial charge in [0.2, 0.25) is 1.43 Å². The smallest absolute Gasteiger partial charge is 0.251 e. The highest BCUT2D eigenvalue weighted by Crippen LogP contribution is 2.13. The molecule has 3 atom stereocenters. The lowest BCUT2D eigenvalue weighted by Gasteiger charge is -2.24. The van der Waals surface area contributed by atoms with Gasteiger partial charge in [-0.05, 0) is 0 Å². The van der Waals surface area contributed by atoms with Crippen LogP contribution < -0.4 is 0 Å². The van der Waals surface area contributed by atoms with E-state index in [0.29, 0.717) is 6.29 Å². The number of carbonyl (C=O) groups excluding carboxylic acids is 2. The Balaban J connectivity index is 4.57. The van der Waals surface area contributed by atoms with Crippen molar-refractivity contribution in [2.24, 2.45) is 11.8 Å². The number of aldehydes is 1. The van der Waals surface area contributed by atoms with E-state index in [-0.39, 0.29) is 5.91 Å². The van der Waals surface area contributed by atoms with Gasteiger partial charge < -0.3 is 9.90 Å². The van der Waals surface area contributed by atoms with E-state index >= 15 is 0 Å². The summed E-state index contributed by atoms with van der Waals surface area (Å²) >= 11 is 0. The molecule has 0 aromatic heterocycles. The molecule has 0 saturated carbocycles. The van der Waals surface area contributed by atoms with Crippen LogP contribution in [0.25, 0.3) is 0 Å². The zero-order valence-electron chi connectivity index (χ0n) is 9.89. The number of aliphatic hydroxyl groups is 1. The average molecular weight is 205 g/mol. The number of carbonyl (C=O) groups is 2. The Bertz CT molecular complexity index is 224. The minimum absolute atomic E-state index is 0.330. The maximum atomic E-state index is 11.6. The first-order valence-electron chi connectivity index (χ1n) is 4.79. The molecular formula is C9H17NO4. The van der Waals surface area contributed by atoms with Gasteiger partial charge in [-0.3, -0.25) is 9.63 Å². The molecule has 82 valence electrons. The van der Waals surface area contributed by atoms with Crippen molar-refractivity contribution < 1.29 is 19.5 Å². The summed E-state index contributed by atoms with van der Waals surface area (Å²) in [5.41, 5.74) is 0. The molecule has 0 aromatic carbocycles. The van der Waals surface area contributed by atoms with Crippen LogP contribution in [-0.4, -0.2) is 44.1 Å². The van der Waals surface area contributed by atoms with E-state index in [0.717, 1.165) is 5.06 Å². The molecule has 1 N–H and O–H groups in total. The third kappa shape index (κ3) is 3.08. The highest BCUT2D eigenvalue weighted by Gasteiger charge is 2.28. The second-order valence-corrected chi connectivity index (χ2v) is 3.27. The summed E-state index contributed by atoms with van der Waals surface area (Å²) in [6.45, 7) is 3.19. The standard InChI is InChI=1S/C9H17NO4/c1-6(5-11)8(12)7(2)9(13)10(3)14-4/h5-8,12H,1-4H3/t6-,7+,8-/m0/s1/i12T. The molecule has 1 amide bonds. The predicted molar refractivity (Wildman–Crippen MR) is 50.2 cm³/mol. The molecular weight excluding hydrogens is 186 g/mol. The third-order valence-electron chi connectivity index (χ3n) is 2.20. The van der Waals surface area contributed by atoms with Crippen LogP contribution in [0.1, 0.15) is 13.8 Å². The van der Waals surface area contributed by atoms with Crippen LogP contribution in [0.2, 0.25) is 0 Å². The zero-order chi connectivity index (χ0) is 12.0. The molecule has 5 nitrogen and oxygen atoms in total. The van der Waals surface area contributed by atoms with Gasteiger partial charge >= 0.3 is 0 Å². The van der Waals surface area contributed by atoms with Gasteiger partial charge in [0.05, 0.1) is 19.1 Å². The summed E-state index contributed by atoms with van der Waals surface area (Å²) in [5.74, 6) is -1.44. The number of amides is 1. The molecule has 0 saturated heterocycles. The lowest BCUT2D eigenvalue weighted by atomic mass is 9.94. The van der Waals surface area contributed by atoms with Crippen molar-refractivity contribution in [1.82, 2.24) is 5.06 Å². The lowest BCUT2D eigenvalue weighted by molar-refractivity contribution is -0.177. The number of hydrogen-bond donors (Lipinski definition) is 1. The fourth-order valence-corrected chi connectivity index (χ4v) is 1.05. The number of nitrogens with zero attached hydrogens (tertiary/aromatic N) is 1. The molecule has 0 aliphatic carbocycles. The average Bonchev–Trinajstić information content (AvgIpc) is 2.27. The molecule has 0 rings (SSSR count). The maximum Gasteiger partial charge on any atom is 0.251 e. The van der Waals surface area contributed by atoms with Gasteiger partial charge in [0.15, 0.2) is 0 Å². The molecule has 0 bridgehead atoms. The van der Waals surface area contributed by atoms with Gasteiger partial charge in [-0.1, -0.05) is 13.8 Å². The number of aliphatic hydroxyl groups excluding tert-OH is 1. The Morgan fingerprint density at radius 2 is 2.21 bits per heavy atom. The Labute approximate surface area is 85.1 Å². The quantitative estimate of drug-likeness (QED) is 0.483. The number of rotatable bonds is 6. The van der Waals surface area contributed by atoms with E-state index in [9.17, 15) is 9.59 Å². The highest BCUT2D eigenvalue weighted by molar-refractivity contribution is 5.78.